The topological polar surface area (TPSA) is 135 Å². The minimum atomic E-state index is -1.14. The number of carboxylic acid groups (broad SMARTS) is 1. The summed E-state index contributed by atoms with van der Waals surface area (Å²) in [5.74, 6) is 0.0817. The normalized spacial score (nSPS) is 19.3. The van der Waals surface area contributed by atoms with E-state index >= 15 is 0 Å². The number of methoxy groups -OCH3 is 1. The fourth-order valence-electron chi connectivity index (χ4n) is 5.07. The van der Waals surface area contributed by atoms with Gasteiger partial charge in [-0.15, -0.1) is 0 Å². The molecule has 0 radical (unpaired) electrons. The number of aromatic nitrogens is 2. The van der Waals surface area contributed by atoms with Crippen molar-refractivity contribution >= 4 is 29.0 Å². The number of hydrogen-bond acceptors (Lipinski definition) is 8. The smallest absolute Gasteiger partial charge is 0.354 e. The molecule has 1 aliphatic heterocycles. The summed E-state index contributed by atoms with van der Waals surface area (Å²) in [5.41, 5.74) is 2.93. The molecule has 0 amide bonds. The number of pyridine rings is 2. The first-order chi connectivity index (χ1) is 18.5. The first kappa shape index (κ1) is 25.4. The van der Waals surface area contributed by atoms with Gasteiger partial charge in [-0.3, -0.25) is 0 Å². The summed E-state index contributed by atoms with van der Waals surface area (Å²) in [4.78, 5) is 23.3. The maximum absolute atomic E-state index is 12.1. The molecule has 5 rings (SSSR count). The molecule has 3 N–H and O–H groups in total. The van der Waals surface area contributed by atoms with Crippen molar-refractivity contribution in [3.8, 4) is 17.2 Å². The third-order valence-electron chi connectivity index (χ3n) is 7.44. The number of anilines is 3. The van der Waals surface area contributed by atoms with Crippen LogP contribution in [-0.2, 0) is 4.74 Å². The Balaban J connectivity index is 1.55. The Bertz CT molecular complexity index is 1360. The van der Waals surface area contributed by atoms with Crippen molar-refractivity contribution in [1.82, 2.24) is 9.97 Å². The largest absolute Gasteiger partial charge is 0.477 e. The number of nitrogens with one attached hydrogen (secondary N) is 2. The lowest BCUT2D eigenvalue weighted by atomic mass is 9.75. The standard InChI is InChI=1S/C29H30N6O3/c1-38-22-13-20(14-22)27(31)26-23(15-24(29(36)37)34-28(26)33-21-5-3-2-4-6-21)19-7-8-25(32-17-19)35-11-9-18(16-30)10-12-35/h2-8,15,17-18,20,22,31H,9-14H2,1H3,(H,33,34)(H,36,37)/t20-,22+. The highest BCUT2D eigenvalue weighted by molar-refractivity contribution is 6.11. The molecule has 1 saturated heterocycles. The quantitative estimate of drug-likeness (QED) is 0.356. The number of benzene rings is 1. The number of carboxylic acids is 1. The number of aromatic carboxylic acids is 1. The molecule has 2 aliphatic rings. The zero-order valence-electron chi connectivity index (χ0n) is 21.2. The number of nitriles is 1. The summed E-state index contributed by atoms with van der Waals surface area (Å²) < 4.78 is 5.44. The second-order valence-corrected chi connectivity index (χ2v) is 9.81. The second kappa shape index (κ2) is 11.0. The van der Waals surface area contributed by atoms with Gasteiger partial charge < -0.3 is 25.5 Å². The van der Waals surface area contributed by atoms with Gasteiger partial charge in [-0.25, -0.2) is 14.8 Å². The van der Waals surface area contributed by atoms with Gasteiger partial charge in [-0.05, 0) is 61.6 Å². The minimum Gasteiger partial charge on any atom is -0.477 e. The summed E-state index contributed by atoms with van der Waals surface area (Å²) in [6.07, 6.45) is 4.94. The lowest BCUT2D eigenvalue weighted by molar-refractivity contribution is 0.0220. The molecule has 3 aromatic rings. The Hall–Kier alpha value is -4.29. The summed E-state index contributed by atoms with van der Waals surface area (Å²) in [5, 5.41) is 31.4. The van der Waals surface area contributed by atoms with Gasteiger partial charge in [0.25, 0.3) is 0 Å². The van der Waals surface area contributed by atoms with E-state index in [1.807, 2.05) is 42.5 Å². The van der Waals surface area contributed by atoms with Gasteiger partial charge in [-0.1, -0.05) is 18.2 Å². The number of carbonyl (C=O) groups is 1. The number of para-hydroxylation sites is 1. The van der Waals surface area contributed by atoms with Crippen LogP contribution >= 0.6 is 0 Å². The van der Waals surface area contributed by atoms with Crippen LogP contribution in [0.15, 0.2) is 54.7 Å². The van der Waals surface area contributed by atoms with E-state index in [0.29, 0.717) is 28.2 Å². The van der Waals surface area contributed by atoms with Crippen LogP contribution in [0.1, 0.15) is 41.7 Å². The van der Waals surface area contributed by atoms with Crippen LogP contribution in [0.4, 0.5) is 17.3 Å². The minimum absolute atomic E-state index is 0.0128. The zero-order valence-corrected chi connectivity index (χ0v) is 21.2. The van der Waals surface area contributed by atoms with Gasteiger partial charge in [0.1, 0.15) is 11.6 Å². The summed E-state index contributed by atoms with van der Waals surface area (Å²) in [7, 11) is 1.68. The molecule has 2 aromatic heterocycles. The number of piperidine rings is 1. The fraction of sp³-hybridized carbons (Fsp3) is 0.345. The van der Waals surface area contributed by atoms with Crippen molar-refractivity contribution < 1.29 is 14.6 Å². The van der Waals surface area contributed by atoms with Crippen LogP contribution in [0, 0.1) is 28.6 Å². The van der Waals surface area contributed by atoms with Crippen molar-refractivity contribution in [2.45, 2.75) is 31.8 Å². The molecule has 1 aliphatic carbocycles. The number of ether oxygens (including phenoxy) is 1. The van der Waals surface area contributed by atoms with Crippen LogP contribution in [0.2, 0.25) is 0 Å². The van der Waals surface area contributed by atoms with Gasteiger partial charge in [-0.2, -0.15) is 5.26 Å². The van der Waals surface area contributed by atoms with Crippen LogP contribution in [0.25, 0.3) is 11.1 Å². The second-order valence-electron chi connectivity index (χ2n) is 9.81. The molecule has 38 heavy (non-hydrogen) atoms. The Morgan fingerprint density at radius 1 is 1.18 bits per heavy atom. The molecule has 0 atom stereocenters. The highest BCUT2D eigenvalue weighted by Crippen LogP contribution is 2.39. The van der Waals surface area contributed by atoms with Gasteiger partial charge in [0.15, 0.2) is 5.69 Å². The molecular formula is C29H30N6O3. The molecule has 194 valence electrons. The summed E-state index contributed by atoms with van der Waals surface area (Å²) in [6, 6.07) is 17.1. The SMILES string of the molecule is CO[C@H]1C[C@@H](C(=N)c2c(-c3ccc(N4CCC(C#N)CC4)nc3)cc(C(=O)O)nc2Nc2ccccc2)C1. The molecule has 2 fully saturated rings. The zero-order chi connectivity index (χ0) is 26.6. The number of hydrogen-bond donors (Lipinski definition) is 3. The van der Waals surface area contributed by atoms with E-state index in [9.17, 15) is 15.2 Å². The highest BCUT2D eigenvalue weighted by Gasteiger charge is 2.35. The maximum Gasteiger partial charge on any atom is 0.354 e. The molecule has 1 saturated carbocycles. The highest BCUT2D eigenvalue weighted by atomic mass is 16.5. The van der Waals surface area contributed by atoms with E-state index in [4.69, 9.17) is 10.1 Å². The van der Waals surface area contributed by atoms with E-state index < -0.39 is 5.97 Å². The molecule has 0 spiro atoms. The molecule has 0 unspecified atom stereocenters. The van der Waals surface area contributed by atoms with Gasteiger partial charge in [0, 0.05) is 60.8 Å². The molecule has 0 bridgehead atoms. The van der Waals surface area contributed by atoms with Crippen molar-refractivity contribution in [2.75, 3.05) is 30.4 Å². The van der Waals surface area contributed by atoms with E-state index in [1.165, 1.54) is 6.07 Å². The molecule has 9 nitrogen and oxygen atoms in total. The summed E-state index contributed by atoms with van der Waals surface area (Å²) in [6.45, 7) is 1.54. The average Bonchev–Trinajstić information content (AvgIpc) is 2.92. The average molecular weight is 511 g/mol. The van der Waals surface area contributed by atoms with E-state index in [0.717, 1.165) is 50.3 Å². The number of rotatable bonds is 8. The monoisotopic (exact) mass is 510 g/mol. The summed E-state index contributed by atoms with van der Waals surface area (Å²) >= 11 is 0. The molecule has 3 heterocycles. The third kappa shape index (κ3) is 5.22. The molecule has 1 aromatic carbocycles. The predicted octanol–water partition coefficient (Wildman–Crippen LogP) is 5.12. The van der Waals surface area contributed by atoms with E-state index in [2.05, 4.69) is 26.3 Å². The fourth-order valence-corrected chi connectivity index (χ4v) is 5.07. The first-order valence-corrected chi connectivity index (χ1v) is 12.8. The van der Waals surface area contributed by atoms with Crippen molar-refractivity contribution in [3.05, 3.63) is 66.0 Å². The Kier molecular flexibility index (Phi) is 7.33. The van der Waals surface area contributed by atoms with Crippen LogP contribution in [0.3, 0.4) is 0 Å². The Labute approximate surface area is 221 Å². The maximum atomic E-state index is 12.1. The number of nitrogens with zero attached hydrogens (tertiary/aromatic N) is 4. The lowest BCUT2D eigenvalue weighted by Crippen LogP contribution is -2.36. The lowest BCUT2D eigenvalue weighted by Gasteiger charge is -2.35. The molecule has 9 heteroatoms. The Morgan fingerprint density at radius 2 is 1.92 bits per heavy atom. The third-order valence-corrected chi connectivity index (χ3v) is 7.44. The van der Waals surface area contributed by atoms with Crippen LogP contribution < -0.4 is 10.2 Å². The van der Waals surface area contributed by atoms with E-state index in [1.54, 1.807) is 13.3 Å². The van der Waals surface area contributed by atoms with Gasteiger partial charge in [0.2, 0.25) is 0 Å². The van der Waals surface area contributed by atoms with Gasteiger partial charge in [0.05, 0.1) is 12.2 Å². The van der Waals surface area contributed by atoms with Crippen LogP contribution in [0.5, 0.6) is 0 Å². The van der Waals surface area contributed by atoms with Crippen molar-refractivity contribution in [2.24, 2.45) is 11.8 Å². The van der Waals surface area contributed by atoms with Gasteiger partial charge >= 0.3 is 5.97 Å². The molecular weight excluding hydrogens is 480 g/mol. The van der Waals surface area contributed by atoms with Crippen molar-refractivity contribution in [1.29, 1.82) is 10.7 Å². The van der Waals surface area contributed by atoms with Crippen molar-refractivity contribution in [3.63, 3.8) is 0 Å². The predicted molar refractivity (Wildman–Crippen MR) is 145 cm³/mol. The Morgan fingerprint density at radius 3 is 2.53 bits per heavy atom. The van der Waals surface area contributed by atoms with E-state index in [-0.39, 0.29) is 23.6 Å². The first-order valence-electron chi connectivity index (χ1n) is 12.8. The van der Waals surface area contributed by atoms with Crippen LogP contribution in [-0.4, -0.2) is 53.1 Å².